The lowest BCUT2D eigenvalue weighted by Gasteiger charge is -2.00. The maximum absolute atomic E-state index is 5.15. The van der Waals surface area contributed by atoms with Crippen LogP contribution in [0.4, 0.5) is 0 Å². The maximum Gasteiger partial charge on any atom is 0.238 e. The molecule has 84 valence electrons. The number of hydrogen-bond acceptors (Lipinski definition) is 1. The fourth-order valence-corrected chi connectivity index (χ4v) is 1.81. The van der Waals surface area contributed by atoms with Gasteiger partial charge in [-0.05, 0) is 31.2 Å². The highest BCUT2D eigenvalue weighted by atomic mass is 16.5. The molecule has 1 heterocycles. The molecule has 0 N–H and O–H groups in total. The third kappa shape index (κ3) is 1.69. The number of methoxy groups -OCH3 is 1. The van der Waals surface area contributed by atoms with Crippen LogP contribution in [0, 0.1) is 6.92 Å². The molecule has 0 aliphatic heterocycles. The Kier molecular flexibility index (Phi) is 2.69. The summed E-state index contributed by atoms with van der Waals surface area (Å²) < 4.78 is 9.41. The number of ether oxygens (including phenoxy) is 1. The Morgan fingerprint density at radius 2 is 1.81 bits per heavy atom. The Hall–Kier alpha value is -1.77. The van der Waals surface area contributed by atoms with Crippen LogP contribution < -0.4 is 9.42 Å². The van der Waals surface area contributed by atoms with Crippen molar-refractivity contribution in [2.24, 2.45) is 14.1 Å². The molecule has 2 rings (SSSR count). The standard InChI is InChI=1S/C13H17N2O/c1-10-9-13(15(3)14(10)2)11-5-7-12(16-4)8-6-11/h5-9H,1-4H3/q+1. The SMILES string of the molecule is COc1ccc(-c2cc(C)n(C)[n+]2C)cc1. The molecule has 0 unspecified atom stereocenters. The van der Waals surface area contributed by atoms with Gasteiger partial charge in [0.05, 0.1) is 19.9 Å². The van der Waals surface area contributed by atoms with Crippen molar-refractivity contribution in [3.05, 3.63) is 36.0 Å². The molecule has 0 saturated carbocycles. The molecule has 0 aliphatic rings. The molecule has 16 heavy (non-hydrogen) atoms. The monoisotopic (exact) mass is 217 g/mol. The van der Waals surface area contributed by atoms with E-state index in [9.17, 15) is 0 Å². The summed E-state index contributed by atoms with van der Waals surface area (Å²) in [6, 6.07) is 10.3. The molecule has 0 fully saturated rings. The van der Waals surface area contributed by atoms with Gasteiger partial charge in [0.1, 0.15) is 5.75 Å². The van der Waals surface area contributed by atoms with Gasteiger partial charge in [-0.1, -0.05) is 0 Å². The van der Waals surface area contributed by atoms with Crippen LogP contribution in [0.5, 0.6) is 5.75 Å². The summed E-state index contributed by atoms with van der Waals surface area (Å²) in [6.07, 6.45) is 0. The summed E-state index contributed by atoms with van der Waals surface area (Å²) in [5, 5.41) is 0. The van der Waals surface area contributed by atoms with Gasteiger partial charge in [0, 0.05) is 11.6 Å². The molecule has 0 bridgehead atoms. The molecule has 0 saturated heterocycles. The molecule has 3 heteroatoms. The van der Waals surface area contributed by atoms with E-state index in [2.05, 4.69) is 48.6 Å². The van der Waals surface area contributed by atoms with Gasteiger partial charge in [-0.15, -0.1) is 4.68 Å². The zero-order valence-electron chi connectivity index (χ0n) is 10.2. The van der Waals surface area contributed by atoms with Crippen LogP contribution in [0.15, 0.2) is 30.3 Å². The van der Waals surface area contributed by atoms with E-state index in [1.165, 1.54) is 17.0 Å². The number of nitrogens with zero attached hydrogens (tertiary/aromatic N) is 2. The van der Waals surface area contributed by atoms with Crippen LogP contribution in [0.1, 0.15) is 5.69 Å². The van der Waals surface area contributed by atoms with Gasteiger partial charge in [0.25, 0.3) is 0 Å². The smallest absolute Gasteiger partial charge is 0.238 e. The summed E-state index contributed by atoms with van der Waals surface area (Å²) in [5.74, 6) is 0.888. The van der Waals surface area contributed by atoms with E-state index in [0.717, 1.165) is 5.75 Å². The number of aromatic nitrogens is 2. The molecule has 0 radical (unpaired) electrons. The van der Waals surface area contributed by atoms with Gasteiger partial charge in [-0.25, -0.2) is 0 Å². The zero-order chi connectivity index (χ0) is 11.7. The van der Waals surface area contributed by atoms with Crippen LogP contribution in [0.3, 0.4) is 0 Å². The molecule has 0 aliphatic carbocycles. The van der Waals surface area contributed by atoms with Gasteiger partial charge in [-0.2, -0.15) is 4.68 Å². The summed E-state index contributed by atoms with van der Waals surface area (Å²) in [6.45, 7) is 2.10. The van der Waals surface area contributed by atoms with Crippen LogP contribution >= 0.6 is 0 Å². The van der Waals surface area contributed by atoms with E-state index < -0.39 is 0 Å². The first-order chi connectivity index (χ1) is 7.63. The third-order valence-electron chi connectivity index (χ3n) is 3.04. The van der Waals surface area contributed by atoms with Crippen molar-refractivity contribution >= 4 is 0 Å². The van der Waals surface area contributed by atoms with Crippen molar-refractivity contribution in [2.75, 3.05) is 7.11 Å². The average molecular weight is 217 g/mol. The third-order valence-corrected chi connectivity index (χ3v) is 3.04. The molecule has 1 aromatic carbocycles. The summed E-state index contributed by atoms with van der Waals surface area (Å²) >= 11 is 0. The molecular formula is C13H17N2O+. The first-order valence-electron chi connectivity index (χ1n) is 5.30. The summed E-state index contributed by atoms with van der Waals surface area (Å²) in [7, 11) is 5.80. The van der Waals surface area contributed by atoms with Crippen LogP contribution in [0.25, 0.3) is 11.3 Å². The van der Waals surface area contributed by atoms with Crippen LogP contribution in [0.2, 0.25) is 0 Å². The first-order valence-corrected chi connectivity index (χ1v) is 5.30. The lowest BCUT2D eigenvalue weighted by Crippen LogP contribution is -2.39. The Bertz CT molecular complexity index is 497. The molecular weight excluding hydrogens is 200 g/mol. The number of rotatable bonds is 2. The average Bonchev–Trinajstić information content (AvgIpc) is 2.57. The van der Waals surface area contributed by atoms with Crippen molar-refractivity contribution in [2.45, 2.75) is 6.92 Å². The van der Waals surface area contributed by atoms with E-state index in [1.54, 1.807) is 7.11 Å². The second kappa shape index (κ2) is 4.00. The van der Waals surface area contributed by atoms with Crippen molar-refractivity contribution in [3.8, 4) is 17.0 Å². The van der Waals surface area contributed by atoms with Crippen molar-refractivity contribution in [1.29, 1.82) is 0 Å². The second-order valence-corrected chi connectivity index (χ2v) is 3.95. The fourth-order valence-electron chi connectivity index (χ4n) is 1.81. The molecule has 1 aromatic heterocycles. The van der Waals surface area contributed by atoms with Crippen molar-refractivity contribution in [3.63, 3.8) is 0 Å². The predicted octanol–water partition coefficient (Wildman–Crippen LogP) is 1.83. The number of benzene rings is 1. The highest BCUT2D eigenvalue weighted by Crippen LogP contribution is 2.20. The minimum Gasteiger partial charge on any atom is -0.497 e. The minimum atomic E-state index is 0.888. The lowest BCUT2D eigenvalue weighted by atomic mass is 10.1. The zero-order valence-corrected chi connectivity index (χ0v) is 10.2. The van der Waals surface area contributed by atoms with E-state index in [4.69, 9.17) is 4.74 Å². The van der Waals surface area contributed by atoms with E-state index in [-0.39, 0.29) is 0 Å². The summed E-state index contributed by atoms with van der Waals surface area (Å²) in [5.41, 5.74) is 3.66. The molecule has 0 amide bonds. The van der Waals surface area contributed by atoms with Gasteiger partial charge < -0.3 is 4.74 Å². The fraction of sp³-hybridized carbons (Fsp3) is 0.308. The Balaban J connectivity index is 2.46. The molecule has 0 atom stereocenters. The second-order valence-electron chi connectivity index (χ2n) is 3.95. The van der Waals surface area contributed by atoms with Gasteiger partial charge in [0.2, 0.25) is 5.69 Å². The van der Waals surface area contributed by atoms with Gasteiger partial charge in [0.15, 0.2) is 7.05 Å². The molecule has 3 nitrogen and oxygen atoms in total. The van der Waals surface area contributed by atoms with E-state index in [0.29, 0.717) is 0 Å². The molecule has 2 aromatic rings. The number of hydrogen-bond donors (Lipinski definition) is 0. The normalized spacial score (nSPS) is 10.5. The minimum absolute atomic E-state index is 0.888. The van der Waals surface area contributed by atoms with Crippen LogP contribution in [-0.2, 0) is 14.1 Å². The topological polar surface area (TPSA) is 18.0 Å². The van der Waals surface area contributed by atoms with Gasteiger partial charge in [-0.3, -0.25) is 0 Å². The summed E-state index contributed by atoms with van der Waals surface area (Å²) in [4.78, 5) is 0. The highest BCUT2D eigenvalue weighted by Gasteiger charge is 2.15. The van der Waals surface area contributed by atoms with E-state index >= 15 is 0 Å². The van der Waals surface area contributed by atoms with Gasteiger partial charge >= 0.3 is 0 Å². The Morgan fingerprint density at radius 1 is 1.19 bits per heavy atom. The number of aryl methyl sites for hydroxylation is 1. The van der Waals surface area contributed by atoms with Crippen LogP contribution in [-0.4, -0.2) is 11.8 Å². The Labute approximate surface area is 95.9 Å². The van der Waals surface area contributed by atoms with E-state index in [1.807, 2.05) is 12.1 Å². The van der Waals surface area contributed by atoms with Crippen molar-refractivity contribution < 1.29 is 9.42 Å². The lowest BCUT2D eigenvalue weighted by molar-refractivity contribution is -0.741. The quantitative estimate of drug-likeness (QED) is 0.702. The Morgan fingerprint density at radius 3 is 2.25 bits per heavy atom. The highest BCUT2D eigenvalue weighted by molar-refractivity contribution is 5.57. The molecule has 0 spiro atoms. The first kappa shape index (κ1) is 10.7. The van der Waals surface area contributed by atoms with Crippen molar-refractivity contribution in [1.82, 2.24) is 4.68 Å². The predicted molar refractivity (Wildman–Crippen MR) is 63.3 cm³/mol. The largest absolute Gasteiger partial charge is 0.497 e. The maximum atomic E-state index is 5.15.